The molecule has 144 valence electrons. The van der Waals surface area contributed by atoms with Gasteiger partial charge in [0.1, 0.15) is 11.5 Å². The van der Waals surface area contributed by atoms with Crippen molar-refractivity contribution in [1.29, 1.82) is 0 Å². The lowest BCUT2D eigenvalue weighted by molar-refractivity contribution is -0.121. The van der Waals surface area contributed by atoms with Crippen molar-refractivity contribution in [2.75, 3.05) is 20.7 Å². The molecule has 0 fully saturated rings. The second-order valence-corrected chi connectivity index (χ2v) is 7.86. The Morgan fingerprint density at radius 1 is 1.33 bits per heavy atom. The Kier molecular flexibility index (Phi) is 6.78. The lowest BCUT2D eigenvalue weighted by Gasteiger charge is -2.16. The topological polar surface area (TPSA) is 108 Å². The number of benzene rings is 2. The number of carbonyl (C=O) groups excluding carboxylic acids is 1. The van der Waals surface area contributed by atoms with Crippen molar-refractivity contribution >= 4 is 33.7 Å². The van der Waals surface area contributed by atoms with E-state index in [9.17, 15) is 18.3 Å². The van der Waals surface area contributed by atoms with Gasteiger partial charge in [0.25, 0.3) is 5.91 Å². The van der Waals surface area contributed by atoms with Gasteiger partial charge in [-0.25, -0.2) is 13.8 Å². The van der Waals surface area contributed by atoms with Gasteiger partial charge in [0, 0.05) is 12.6 Å². The van der Waals surface area contributed by atoms with Crippen LogP contribution in [-0.4, -0.2) is 50.7 Å². The molecule has 1 amide bonds. The summed E-state index contributed by atoms with van der Waals surface area (Å²) in [4.78, 5) is 11.9. The summed E-state index contributed by atoms with van der Waals surface area (Å²) in [6.07, 6.45) is 1.25. The Morgan fingerprint density at radius 2 is 2.04 bits per heavy atom. The van der Waals surface area contributed by atoms with Gasteiger partial charge in [0.05, 0.1) is 29.8 Å². The number of hydrogen-bond acceptors (Lipinski definition) is 6. The van der Waals surface area contributed by atoms with Crippen LogP contribution in [0.2, 0.25) is 5.02 Å². The molecule has 0 unspecified atom stereocenters. The molecule has 2 rings (SSSR count). The number of phenolic OH excluding ortho intramolecular Hbond substituents is 1. The minimum Gasteiger partial charge on any atom is -0.507 e. The van der Waals surface area contributed by atoms with E-state index < -0.39 is 22.5 Å². The van der Waals surface area contributed by atoms with Crippen LogP contribution >= 0.6 is 11.6 Å². The van der Waals surface area contributed by atoms with Gasteiger partial charge in [0.15, 0.2) is 0 Å². The van der Waals surface area contributed by atoms with Crippen LogP contribution in [0.4, 0.5) is 0 Å². The minimum atomic E-state index is -3.92. The molecule has 0 atom stereocenters. The molecule has 2 aromatic rings. The highest BCUT2D eigenvalue weighted by Crippen LogP contribution is 2.28. The van der Waals surface area contributed by atoms with Gasteiger partial charge in [-0.15, -0.1) is 0 Å². The number of hydrogen-bond donors (Lipinski definition) is 2. The van der Waals surface area contributed by atoms with Crippen LogP contribution < -0.4 is 10.2 Å². The first-order chi connectivity index (χ1) is 12.8. The van der Waals surface area contributed by atoms with Crippen molar-refractivity contribution in [1.82, 2.24) is 9.73 Å². The van der Waals surface area contributed by atoms with Crippen molar-refractivity contribution < 1.29 is 23.1 Å². The van der Waals surface area contributed by atoms with Crippen molar-refractivity contribution in [3.63, 3.8) is 0 Å². The predicted octanol–water partition coefficient (Wildman–Crippen LogP) is 1.82. The second kappa shape index (κ2) is 8.85. The van der Waals surface area contributed by atoms with Crippen molar-refractivity contribution in [3.8, 4) is 11.5 Å². The lowest BCUT2D eigenvalue weighted by atomic mass is 10.2. The molecule has 0 radical (unpaired) electrons. The van der Waals surface area contributed by atoms with Crippen LogP contribution in [0, 0.1) is 0 Å². The van der Waals surface area contributed by atoms with Gasteiger partial charge in [-0.3, -0.25) is 4.79 Å². The van der Waals surface area contributed by atoms with E-state index in [0.29, 0.717) is 11.3 Å². The predicted molar refractivity (Wildman–Crippen MR) is 102 cm³/mol. The highest BCUT2D eigenvalue weighted by Gasteiger charge is 2.23. The van der Waals surface area contributed by atoms with E-state index in [-0.39, 0.29) is 15.7 Å². The number of ether oxygens (including phenoxy) is 1. The van der Waals surface area contributed by atoms with Crippen LogP contribution in [0.25, 0.3) is 0 Å². The maximum absolute atomic E-state index is 12.5. The Labute approximate surface area is 162 Å². The molecule has 0 aliphatic rings. The van der Waals surface area contributed by atoms with E-state index in [1.165, 1.54) is 44.6 Å². The summed E-state index contributed by atoms with van der Waals surface area (Å²) in [7, 11) is -1.24. The number of carbonyl (C=O) groups is 1. The highest BCUT2D eigenvalue weighted by atomic mass is 35.5. The van der Waals surface area contributed by atoms with E-state index in [4.69, 9.17) is 16.3 Å². The normalized spacial score (nSPS) is 11.7. The summed E-state index contributed by atoms with van der Waals surface area (Å²) >= 11 is 5.96. The van der Waals surface area contributed by atoms with Gasteiger partial charge in [-0.2, -0.15) is 9.41 Å². The molecule has 0 bridgehead atoms. The molecule has 2 N–H and O–H groups in total. The quantitative estimate of drug-likeness (QED) is 0.533. The summed E-state index contributed by atoms with van der Waals surface area (Å²) in [5, 5.41) is 13.4. The molecule has 0 saturated carbocycles. The third-order valence-corrected chi connectivity index (χ3v) is 5.62. The van der Waals surface area contributed by atoms with Crippen LogP contribution in [0.1, 0.15) is 5.56 Å². The van der Waals surface area contributed by atoms with Gasteiger partial charge in [-0.05, 0) is 30.3 Å². The first-order valence-corrected chi connectivity index (χ1v) is 9.47. The molecule has 8 nitrogen and oxygen atoms in total. The average molecular weight is 412 g/mol. The van der Waals surface area contributed by atoms with E-state index in [1.54, 1.807) is 18.2 Å². The maximum Gasteiger partial charge on any atom is 0.255 e. The number of aromatic hydroxyl groups is 1. The number of para-hydroxylation sites is 1. The third kappa shape index (κ3) is 5.19. The number of hydrazone groups is 1. The molecule has 0 saturated heterocycles. The Hall–Kier alpha value is -2.62. The van der Waals surface area contributed by atoms with Gasteiger partial charge >= 0.3 is 0 Å². The van der Waals surface area contributed by atoms with Crippen molar-refractivity contribution in [3.05, 3.63) is 53.1 Å². The van der Waals surface area contributed by atoms with Crippen LogP contribution in [0.5, 0.6) is 11.5 Å². The number of amides is 1. The van der Waals surface area contributed by atoms with Gasteiger partial charge < -0.3 is 9.84 Å². The Bertz CT molecular complexity index is 963. The van der Waals surface area contributed by atoms with Crippen molar-refractivity contribution in [2.45, 2.75) is 4.90 Å². The summed E-state index contributed by atoms with van der Waals surface area (Å²) in [5.41, 5.74) is 2.62. The van der Waals surface area contributed by atoms with E-state index >= 15 is 0 Å². The van der Waals surface area contributed by atoms with Gasteiger partial charge in [0.2, 0.25) is 10.0 Å². The SMILES string of the molecule is COc1ccc(S(=O)(=O)N(C)CC(=O)N/N=C/c2ccccc2O)cc1Cl. The molecule has 0 aromatic heterocycles. The molecule has 0 aliphatic heterocycles. The molecule has 0 aliphatic carbocycles. The standard InChI is InChI=1S/C17H18ClN3O5S/c1-21(27(24,25)13-7-8-16(26-2)14(18)9-13)11-17(23)20-19-10-12-5-3-4-6-15(12)22/h3-10,22H,11H2,1-2H3,(H,20,23)/b19-10+. The average Bonchev–Trinajstić information content (AvgIpc) is 2.63. The highest BCUT2D eigenvalue weighted by molar-refractivity contribution is 7.89. The van der Waals surface area contributed by atoms with Crippen LogP contribution in [0.3, 0.4) is 0 Å². The fourth-order valence-electron chi connectivity index (χ4n) is 2.08. The monoisotopic (exact) mass is 411 g/mol. The number of rotatable bonds is 7. The third-order valence-electron chi connectivity index (χ3n) is 3.53. The number of phenols is 1. The van der Waals surface area contributed by atoms with Crippen LogP contribution in [-0.2, 0) is 14.8 Å². The van der Waals surface area contributed by atoms with Crippen molar-refractivity contribution in [2.24, 2.45) is 5.10 Å². The summed E-state index contributed by atoms with van der Waals surface area (Å²) < 4.78 is 30.9. The first kappa shape index (κ1) is 20.7. The number of halogens is 1. The summed E-state index contributed by atoms with van der Waals surface area (Å²) in [6, 6.07) is 10.4. The molecule has 0 heterocycles. The fraction of sp³-hybridized carbons (Fsp3) is 0.176. The first-order valence-electron chi connectivity index (χ1n) is 7.65. The lowest BCUT2D eigenvalue weighted by Crippen LogP contribution is -2.36. The number of methoxy groups -OCH3 is 1. The number of nitrogens with one attached hydrogen (secondary N) is 1. The van der Waals surface area contributed by atoms with E-state index in [0.717, 1.165) is 4.31 Å². The Morgan fingerprint density at radius 3 is 2.67 bits per heavy atom. The number of sulfonamides is 1. The summed E-state index contributed by atoms with van der Waals surface area (Å²) in [6.45, 7) is -0.454. The number of nitrogens with zero attached hydrogens (tertiary/aromatic N) is 2. The molecule has 10 heteroatoms. The van der Waals surface area contributed by atoms with E-state index in [2.05, 4.69) is 10.5 Å². The fourth-order valence-corrected chi connectivity index (χ4v) is 3.56. The summed E-state index contributed by atoms with van der Waals surface area (Å²) in [5.74, 6) is -0.298. The molecule has 0 spiro atoms. The second-order valence-electron chi connectivity index (χ2n) is 5.41. The van der Waals surface area contributed by atoms with Gasteiger partial charge in [-0.1, -0.05) is 23.7 Å². The maximum atomic E-state index is 12.5. The van der Waals surface area contributed by atoms with Crippen LogP contribution in [0.15, 0.2) is 52.5 Å². The molecular weight excluding hydrogens is 394 g/mol. The molecule has 2 aromatic carbocycles. The zero-order chi connectivity index (χ0) is 20.0. The molecular formula is C17H18ClN3O5S. The zero-order valence-corrected chi connectivity index (χ0v) is 16.2. The minimum absolute atomic E-state index is 0.00609. The van der Waals surface area contributed by atoms with E-state index in [1.807, 2.05) is 0 Å². The number of likely N-dealkylation sites (N-methyl/N-ethyl adjacent to an activating group) is 1. The smallest absolute Gasteiger partial charge is 0.255 e. The largest absolute Gasteiger partial charge is 0.507 e. The Balaban J connectivity index is 2.02. The zero-order valence-electron chi connectivity index (χ0n) is 14.6. The molecule has 27 heavy (non-hydrogen) atoms.